The van der Waals surface area contributed by atoms with Crippen LogP contribution in [0.15, 0.2) is 36.4 Å². The van der Waals surface area contributed by atoms with E-state index in [2.05, 4.69) is 14.8 Å². The number of carboxylic acids is 1. The van der Waals surface area contributed by atoms with E-state index in [1.807, 2.05) is 0 Å². The van der Waals surface area contributed by atoms with Crippen LogP contribution in [0.25, 0.3) is 10.2 Å². The third-order valence-electron chi connectivity index (χ3n) is 5.58. The monoisotopic (exact) mass is 513 g/mol. The normalized spacial score (nSPS) is 15.5. The summed E-state index contributed by atoms with van der Waals surface area (Å²) in [5.41, 5.74) is 0.533. The zero-order chi connectivity index (χ0) is 24.3. The van der Waals surface area contributed by atoms with Gasteiger partial charge in [-0.15, -0.1) is 0 Å². The van der Waals surface area contributed by atoms with Gasteiger partial charge in [0, 0.05) is 32.7 Å². The fourth-order valence-corrected chi connectivity index (χ4v) is 5.07. The van der Waals surface area contributed by atoms with Gasteiger partial charge in [0.2, 0.25) is 0 Å². The largest absolute Gasteiger partial charge is 0.491 e. The van der Waals surface area contributed by atoms with Gasteiger partial charge in [0.25, 0.3) is 0 Å². The average molecular weight is 514 g/mol. The predicted octanol–water partition coefficient (Wildman–Crippen LogP) is 5.19. The summed E-state index contributed by atoms with van der Waals surface area (Å²) >= 11 is 7.46. The Morgan fingerprint density at radius 3 is 2.74 bits per heavy atom. The van der Waals surface area contributed by atoms with Crippen LogP contribution in [0.3, 0.4) is 0 Å². The molecule has 6 nitrogen and oxygen atoms in total. The minimum Gasteiger partial charge on any atom is -0.491 e. The van der Waals surface area contributed by atoms with E-state index in [4.69, 9.17) is 21.4 Å². The number of hydrogen-bond donors (Lipinski definition) is 1. The summed E-state index contributed by atoms with van der Waals surface area (Å²) in [4.78, 5) is 19.8. The number of carboxylic acid groups (broad SMARTS) is 1. The first-order valence-electron chi connectivity index (χ1n) is 10.8. The zero-order valence-electron chi connectivity index (χ0n) is 18.1. The molecule has 34 heavy (non-hydrogen) atoms. The Hall–Kier alpha value is -2.56. The Morgan fingerprint density at radius 1 is 1.15 bits per heavy atom. The fraction of sp³-hybridized carbons (Fsp3) is 0.391. The molecule has 11 heteroatoms. The highest BCUT2D eigenvalue weighted by Gasteiger charge is 2.31. The first-order valence-corrected chi connectivity index (χ1v) is 12.0. The molecule has 0 spiro atoms. The van der Waals surface area contributed by atoms with E-state index in [1.165, 1.54) is 17.4 Å². The minimum absolute atomic E-state index is 0.0984. The average Bonchev–Trinajstić information content (AvgIpc) is 3.05. The van der Waals surface area contributed by atoms with Gasteiger partial charge in [0.05, 0.1) is 27.2 Å². The maximum absolute atomic E-state index is 13.0. The molecule has 0 radical (unpaired) electrons. The summed E-state index contributed by atoms with van der Waals surface area (Å²) in [5.74, 6) is -0.458. The van der Waals surface area contributed by atoms with Crippen LogP contribution in [0.1, 0.15) is 17.5 Å². The number of aliphatic carboxylic acids is 1. The highest BCUT2D eigenvalue weighted by atomic mass is 35.5. The summed E-state index contributed by atoms with van der Waals surface area (Å²) in [6.45, 7) is 4.17. The number of alkyl halides is 3. The molecule has 0 amide bonds. The molecule has 0 bridgehead atoms. The standard InChI is InChI=1S/C23H23ClF3N3O3S/c24-17-4-2-15(13-21(31)32)12-19(17)33-11-10-29-6-1-7-30(9-8-29)22-28-18-5-3-16(23(25,26)27)14-20(18)34-22/h2-5,12,14H,1,6-11,13H2,(H,31,32). The van der Waals surface area contributed by atoms with Crippen molar-refractivity contribution in [2.24, 2.45) is 0 Å². The molecule has 3 aromatic rings. The van der Waals surface area contributed by atoms with E-state index >= 15 is 0 Å². The minimum atomic E-state index is -4.37. The molecular weight excluding hydrogens is 491 g/mol. The van der Waals surface area contributed by atoms with E-state index in [1.54, 1.807) is 18.2 Å². The Bertz CT molecular complexity index is 1170. The number of anilines is 1. The number of fused-ring (bicyclic) bond motifs is 1. The number of carbonyl (C=O) groups is 1. The molecule has 0 unspecified atom stereocenters. The second-order valence-electron chi connectivity index (χ2n) is 8.04. The van der Waals surface area contributed by atoms with Crippen molar-refractivity contribution < 1.29 is 27.8 Å². The van der Waals surface area contributed by atoms with Crippen molar-refractivity contribution in [2.75, 3.05) is 44.2 Å². The van der Waals surface area contributed by atoms with E-state index in [0.29, 0.717) is 46.2 Å². The highest BCUT2D eigenvalue weighted by Crippen LogP contribution is 2.35. The molecular formula is C23H23ClF3N3O3S. The van der Waals surface area contributed by atoms with Crippen molar-refractivity contribution in [3.63, 3.8) is 0 Å². The molecule has 0 saturated carbocycles. The number of halogens is 4. The lowest BCUT2D eigenvalue weighted by Crippen LogP contribution is -2.33. The molecule has 1 N–H and O–H groups in total. The van der Waals surface area contributed by atoms with Crippen LogP contribution in [0.4, 0.5) is 18.3 Å². The first kappa shape index (κ1) is 24.6. The van der Waals surface area contributed by atoms with Crippen LogP contribution in [0.5, 0.6) is 5.75 Å². The number of benzene rings is 2. The molecule has 0 atom stereocenters. The van der Waals surface area contributed by atoms with E-state index in [-0.39, 0.29) is 6.42 Å². The number of hydrogen-bond acceptors (Lipinski definition) is 6. The van der Waals surface area contributed by atoms with E-state index in [0.717, 1.165) is 43.3 Å². The van der Waals surface area contributed by atoms with Crippen LogP contribution in [0, 0.1) is 0 Å². The first-order chi connectivity index (χ1) is 16.2. The van der Waals surface area contributed by atoms with Crippen LogP contribution in [-0.2, 0) is 17.4 Å². The quantitative estimate of drug-likeness (QED) is 0.469. The van der Waals surface area contributed by atoms with Gasteiger partial charge in [-0.2, -0.15) is 13.2 Å². The fourth-order valence-electron chi connectivity index (χ4n) is 3.84. The molecule has 2 aromatic carbocycles. The van der Waals surface area contributed by atoms with Gasteiger partial charge < -0.3 is 14.7 Å². The van der Waals surface area contributed by atoms with Crippen LogP contribution in [0.2, 0.25) is 5.02 Å². The maximum atomic E-state index is 13.0. The lowest BCUT2D eigenvalue weighted by Gasteiger charge is -2.21. The number of rotatable bonds is 7. The molecule has 1 aliphatic heterocycles. The van der Waals surface area contributed by atoms with Gasteiger partial charge in [-0.1, -0.05) is 29.0 Å². The van der Waals surface area contributed by atoms with Crippen molar-refractivity contribution in [2.45, 2.75) is 19.0 Å². The summed E-state index contributed by atoms with van der Waals surface area (Å²) < 4.78 is 45.3. The lowest BCUT2D eigenvalue weighted by atomic mass is 10.1. The Morgan fingerprint density at radius 2 is 1.97 bits per heavy atom. The van der Waals surface area contributed by atoms with Crippen molar-refractivity contribution in [1.82, 2.24) is 9.88 Å². The smallest absolute Gasteiger partial charge is 0.416 e. The number of nitrogens with zero attached hydrogens (tertiary/aromatic N) is 3. The molecule has 1 fully saturated rings. The Labute approximate surface area is 203 Å². The molecule has 0 aliphatic carbocycles. The SMILES string of the molecule is O=C(O)Cc1ccc(Cl)c(OCCN2CCCN(c3nc4ccc(C(F)(F)F)cc4s3)CC2)c1. The third kappa shape index (κ3) is 6.11. The third-order valence-corrected chi connectivity index (χ3v) is 6.97. The molecule has 1 saturated heterocycles. The predicted molar refractivity (Wildman–Crippen MR) is 126 cm³/mol. The van der Waals surface area contributed by atoms with Gasteiger partial charge >= 0.3 is 12.1 Å². The van der Waals surface area contributed by atoms with Crippen molar-refractivity contribution in [3.05, 3.63) is 52.5 Å². The van der Waals surface area contributed by atoms with Crippen molar-refractivity contribution in [1.29, 1.82) is 0 Å². The van der Waals surface area contributed by atoms with E-state index in [9.17, 15) is 18.0 Å². The number of ether oxygens (including phenoxy) is 1. The molecule has 4 rings (SSSR count). The maximum Gasteiger partial charge on any atom is 0.416 e. The van der Waals surface area contributed by atoms with Crippen LogP contribution >= 0.6 is 22.9 Å². The molecule has 1 aromatic heterocycles. The highest BCUT2D eigenvalue weighted by molar-refractivity contribution is 7.22. The van der Waals surface area contributed by atoms with E-state index < -0.39 is 17.7 Å². The van der Waals surface area contributed by atoms with Crippen LogP contribution in [-0.4, -0.2) is 60.3 Å². The Balaban J connectivity index is 1.33. The van der Waals surface area contributed by atoms with Gasteiger partial charge in [0.1, 0.15) is 12.4 Å². The van der Waals surface area contributed by atoms with Crippen molar-refractivity contribution in [3.8, 4) is 5.75 Å². The molecule has 2 heterocycles. The number of aromatic nitrogens is 1. The second kappa shape index (κ2) is 10.4. The lowest BCUT2D eigenvalue weighted by molar-refractivity contribution is -0.138. The van der Waals surface area contributed by atoms with Gasteiger partial charge in [-0.3, -0.25) is 9.69 Å². The summed E-state index contributed by atoms with van der Waals surface area (Å²) in [7, 11) is 0. The molecule has 1 aliphatic rings. The van der Waals surface area contributed by atoms with Crippen molar-refractivity contribution >= 4 is 44.3 Å². The topological polar surface area (TPSA) is 65.9 Å². The number of thiazole rings is 1. The summed E-state index contributed by atoms with van der Waals surface area (Å²) in [5, 5.41) is 10.1. The summed E-state index contributed by atoms with van der Waals surface area (Å²) in [6.07, 6.45) is -3.58. The summed E-state index contributed by atoms with van der Waals surface area (Å²) in [6, 6.07) is 8.61. The van der Waals surface area contributed by atoms with Gasteiger partial charge in [-0.05, 0) is 42.3 Å². The zero-order valence-corrected chi connectivity index (χ0v) is 19.7. The second-order valence-corrected chi connectivity index (χ2v) is 9.46. The van der Waals surface area contributed by atoms with Gasteiger partial charge in [-0.25, -0.2) is 4.98 Å². The van der Waals surface area contributed by atoms with Gasteiger partial charge in [0.15, 0.2) is 5.13 Å². The van der Waals surface area contributed by atoms with Crippen LogP contribution < -0.4 is 9.64 Å². The Kier molecular flexibility index (Phi) is 7.49. The molecule has 182 valence electrons.